The molecule has 0 spiro atoms. The van der Waals surface area contributed by atoms with E-state index >= 15 is 0 Å². The van der Waals surface area contributed by atoms with Crippen LogP contribution in [0, 0.1) is 0 Å². The van der Waals surface area contributed by atoms with E-state index in [1.165, 1.54) is 15.6 Å². The van der Waals surface area contributed by atoms with E-state index in [1.54, 1.807) is 11.3 Å². The third-order valence-electron chi connectivity index (χ3n) is 3.17. The molecule has 0 saturated heterocycles. The fourth-order valence-electron chi connectivity index (χ4n) is 2.30. The summed E-state index contributed by atoms with van der Waals surface area (Å²) in [7, 11) is 0. The van der Waals surface area contributed by atoms with Crippen LogP contribution in [0.5, 0.6) is 0 Å². The highest BCUT2D eigenvalue weighted by Crippen LogP contribution is 2.32. The number of benzene rings is 2. The Bertz CT molecular complexity index is 708. The van der Waals surface area contributed by atoms with Crippen LogP contribution in [0.1, 0.15) is 17.2 Å². The van der Waals surface area contributed by atoms with Crippen LogP contribution in [0.2, 0.25) is 0 Å². The van der Waals surface area contributed by atoms with Crippen molar-refractivity contribution in [3.8, 4) is 0 Å². The molecule has 0 aliphatic carbocycles. The number of thiophene rings is 1. The lowest BCUT2D eigenvalue weighted by atomic mass is 9.98. The van der Waals surface area contributed by atoms with Gasteiger partial charge in [0.05, 0.1) is 6.04 Å². The van der Waals surface area contributed by atoms with E-state index in [-0.39, 0.29) is 6.04 Å². The monoisotopic (exact) mass is 332 g/mol. The van der Waals surface area contributed by atoms with Crippen molar-refractivity contribution in [2.24, 2.45) is 5.84 Å². The molecule has 2 nitrogen and oxygen atoms in total. The van der Waals surface area contributed by atoms with Gasteiger partial charge in [-0.05, 0) is 40.1 Å². The van der Waals surface area contributed by atoms with Crippen molar-refractivity contribution in [2.75, 3.05) is 0 Å². The van der Waals surface area contributed by atoms with Gasteiger partial charge < -0.3 is 0 Å². The van der Waals surface area contributed by atoms with Crippen molar-refractivity contribution in [3.63, 3.8) is 0 Å². The summed E-state index contributed by atoms with van der Waals surface area (Å²) in [6, 6.07) is 16.7. The topological polar surface area (TPSA) is 38.0 Å². The molecule has 3 aromatic rings. The third kappa shape index (κ3) is 2.44. The molecule has 0 saturated carbocycles. The van der Waals surface area contributed by atoms with E-state index < -0.39 is 0 Å². The summed E-state index contributed by atoms with van der Waals surface area (Å²) < 4.78 is 2.34. The minimum Gasteiger partial charge on any atom is -0.271 e. The number of hydrogen-bond donors (Lipinski definition) is 2. The normalized spacial score (nSPS) is 12.7. The molecule has 1 heterocycles. The molecule has 0 radical (unpaired) electrons. The fourth-order valence-corrected chi connectivity index (χ4v) is 3.66. The zero-order valence-corrected chi connectivity index (χ0v) is 12.5. The standard InChI is InChI=1S/C15H13BrN2S/c16-12-5-1-4-11(9-12)14(18-17)13-6-2-3-10-7-8-19-15(10)13/h1-9,14,18H,17H2. The maximum Gasteiger partial charge on any atom is 0.0724 e. The molecule has 19 heavy (non-hydrogen) atoms. The predicted octanol–water partition coefficient (Wildman–Crippen LogP) is 4.22. The Morgan fingerprint density at radius 2 is 1.95 bits per heavy atom. The molecule has 4 heteroatoms. The summed E-state index contributed by atoms with van der Waals surface area (Å²) in [5, 5.41) is 3.38. The average molecular weight is 333 g/mol. The van der Waals surface area contributed by atoms with Crippen molar-refractivity contribution in [1.29, 1.82) is 0 Å². The Hall–Kier alpha value is -1.20. The van der Waals surface area contributed by atoms with Crippen LogP contribution in [0.25, 0.3) is 10.1 Å². The molecule has 1 atom stereocenters. The van der Waals surface area contributed by atoms with Crippen LogP contribution in [-0.4, -0.2) is 0 Å². The van der Waals surface area contributed by atoms with Crippen LogP contribution in [0.3, 0.4) is 0 Å². The highest BCUT2D eigenvalue weighted by atomic mass is 79.9. The van der Waals surface area contributed by atoms with Crippen LogP contribution < -0.4 is 11.3 Å². The Kier molecular flexibility index (Phi) is 3.66. The molecule has 0 aliphatic heterocycles. The minimum absolute atomic E-state index is 0.000139. The molecular formula is C15H13BrN2S. The van der Waals surface area contributed by atoms with Gasteiger partial charge in [-0.2, -0.15) is 0 Å². The first-order valence-corrected chi connectivity index (χ1v) is 7.64. The molecule has 1 unspecified atom stereocenters. The van der Waals surface area contributed by atoms with E-state index in [2.05, 4.69) is 63.1 Å². The molecule has 0 amide bonds. The van der Waals surface area contributed by atoms with Gasteiger partial charge in [-0.1, -0.05) is 46.3 Å². The molecule has 0 aliphatic rings. The maximum atomic E-state index is 5.79. The van der Waals surface area contributed by atoms with E-state index in [0.29, 0.717) is 0 Å². The Morgan fingerprint density at radius 3 is 2.74 bits per heavy atom. The van der Waals surface area contributed by atoms with Crippen LogP contribution >= 0.6 is 27.3 Å². The van der Waals surface area contributed by atoms with Crippen molar-refractivity contribution in [3.05, 3.63) is 69.5 Å². The number of halogens is 1. The largest absolute Gasteiger partial charge is 0.271 e. The number of fused-ring (bicyclic) bond motifs is 1. The van der Waals surface area contributed by atoms with Gasteiger partial charge in [0.15, 0.2) is 0 Å². The highest BCUT2D eigenvalue weighted by molar-refractivity contribution is 9.10. The van der Waals surface area contributed by atoms with E-state index in [4.69, 9.17) is 5.84 Å². The van der Waals surface area contributed by atoms with Crippen molar-refractivity contribution in [1.82, 2.24) is 5.43 Å². The molecule has 3 N–H and O–H groups in total. The van der Waals surface area contributed by atoms with Gasteiger partial charge >= 0.3 is 0 Å². The molecule has 1 aromatic heterocycles. The van der Waals surface area contributed by atoms with E-state index in [0.717, 1.165) is 10.0 Å². The Balaban J connectivity index is 2.14. The number of nitrogens with one attached hydrogen (secondary N) is 1. The first-order valence-electron chi connectivity index (χ1n) is 5.97. The first kappa shape index (κ1) is 12.8. The average Bonchev–Trinajstić information content (AvgIpc) is 2.89. The van der Waals surface area contributed by atoms with E-state index in [1.807, 2.05) is 12.1 Å². The van der Waals surface area contributed by atoms with Crippen molar-refractivity contribution in [2.45, 2.75) is 6.04 Å². The summed E-state index contributed by atoms with van der Waals surface area (Å²) in [6.45, 7) is 0. The van der Waals surface area contributed by atoms with Gasteiger partial charge in [0.25, 0.3) is 0 Å². The van der Waals surface area contributed by atoms with Crippen LogP contribution in [0.4, 0.5) is 0 Å². The van der Waals surface area contributed by atoms with Crippen LogP contribution in [0.15, 0.2) is 58.4 Å². The second kappa shape index (κ2) is 5.43. The summed E-state index contributed by atoms with van der Waals surface area (Å²) in [4.78, 5) is 0. The zero-order chi connectivity index (χ0) is 13.2. The molecule has 0 fully saturated rings. The van der Waals surface area contributed by atoms with E-state index in [9.17, 15) is 0 Å². The molecule has 2 aromatic carbocycles. The zero-order valence-electron chi connectivity index (χ0n) is 10.1. The number of rotatable bonds is 3. The number of hydrogen-bond acceptors (Lipinski definition) is 3. The third-order valence-corrected chi connectivity index (χ3v) is 4.64. The molecule has 96 valence electrons. The molecule has 0 bridgehead atoms. The van der Waals surface area contributed by atoms with Gasteiger partial charge in [-0.3, -0.25) is 5.84 Å². The lowest BCUT2D eigenvalue weighted by molar-refractivity contribution is 0.641. The van der Waals surface area contributed by atoms with Crippen molar-refractivity contribution < 1.29 is 0 Å². The second-order valence-electron chi connectivity index (χ2n) is 4.34. The SMILES string of the molecule is NNC(c1cccc(Br)c1)c1cccc2ccsc12. The number of hydrazine groups is 1. The summed E-state index contributed by atoms with van der Waals surface area (Å²) in [5.41, 5.74) is 5.30. The quantitative estimate of drug-likeness (QED) is 0.556. The number of nitrogens with two attached hydrogens (primary N) is 1. The van der Waals surface area contributed by atoms with Gasteiger partial charge in [-0.15, -0.1) is 11.3 Å². The predicted molar refractivity (Wildman–Crippen MR) is 85.1 cm³/mol. The lowest BCUT2D eigenvalue weighted by Gasteiger charge is -2.18. The smallest absolute Gasteiger partial charge is 0.0724 e. The van der Waals surface area contributed by atoms with Gasteiger partial charge in [0, 0.05) is 9.17 Å². The summed E-state index contributed by atoms with van der Waals surface area (Å²) >= 11 is 5.26. The Morgan fingerprint density at radius 1 is 1.11 bits per heavy atom. The molecular weight excluding hydrogens is 320 g/mol. The van der Waals surface area contributed by atoms with Crippen LogP contribution in [-0.2, 0) is 0 Å². The maximum absolute atomic E-state index is 5.79. The lowest BCUT2D eigenvalue weighted by Crippen LogP contribution is -2.28. The summed E-state index contributed by atoms with van der Waals surface area (Å²) in [5.74, 6) is 5.79. The summed E-state index contributed by atoms with van der Waals surface area (Å²) in [6.07, 6.45) is 0. The first-order chi connectivity index (χ1) is 9.29. The second-order valence-corrected chi connectivity index (χ2v) is 6.17. The van der Waals surface area contributed by atoms with Gasteiger partial charge in [-0.25, -0.2) is 5.43 Å². The van der Waals surface area contributed by atoms with Gasteiger partial charge in [0.2, 0.25) is 0 Å². The minimum atomic E-state index is -0.000139. The molecule has 3 rings (SSSR count). The van der Waals surface area contributed by atoms with Gasteiger partial charge in [0.1, 0.15) is 0 Å². The Labute approximate surface area is 124 Å². The van der Waals surface area contributed by atoms with Crippen molar-refractivity contribution >= 4 is 37.4 Å². The fraction of sp³-hybridized carbons (Fsp3) is 0.0667. The highest BCUT2D eigenvalue weighted by Gasteiger charge is 2.15.